The number of hydrogen-bond donors (Lipinski definition) is 0. The predicted molar refractivity (Wildman–Crippen MR) is 84.4 cm³/mol. The van der Waals surface area contributed by atoms with Crippen molar-refractivity contribution in [2.24, 2.45) is 0 Å². The monoisotopic (exact) mass is 317 g/mol. The minimum atomic E-state index is -0.414. The van der Waals surface area contributed by atoms with Gasteiger partial charge in [-0.25, -0.2) is 4.98 Å². The molecule has 0 saturated carbocycles. The number of nitrogens with zero attached hydrogens (tertiary/aromatic N) is 3. The lowest BCUT2D eigenvalue weighted by Crippen LogP contribution is -2.34. The third-order valence-electron chi connectivity index (χ3n) is 3.53. The molecule has 0 aliphatic carbocycles. The topological polar surface area (TPSA) is 81.0 Å². The summed E-state index contributed by atoms with van der Waals surface area (Å²) in [7, 11) is 2.91. The summed E-state index contributed by atoms with van der Waals surface area (Å²) in [4.78, 5) is 41.5. The maximum atomic E-state index is 12.5. The highest BCUT2D eigenvalue weighted by atomic mass is 16.5. The van der Waals surface area contributed by atoms with Gasteiger partial charge >= 0.3 is 5.97 Å². The quantitative estimate of drug-likeness (QED) is 0.769. The van der Waals surface area contributed by atoms with Gasteiger partial charge in [-0.1, -0.05) is 6.07 Å². The maximum Gasteiger partial charge on any atom is 0.305 e. The molecule has 0 atom stereocenters. The molecule has 0 bridgehead atoms. The first kappa shape index (κ1) is 16.7. The first-order valence-corrected chi connectivity index (χ1v) is 7.24. The third kappa shape index (κ3) is 3.74. The van der Waals surface area contributed by atoms with E-state index in [1.807, 2.05) is 13.0 Å². The van der Waals surface area contributed by atoms with E-state index in [0.717, 1.165) is 5.56 Å². The number of ether oxygens (including phenoxy) is 1. The average molecular weight is 317 g/mol. The van der Waals surface area contributed by atoms with Gasteiger partial charge in [-0.15, -0.1) is 0 Å². The standard InChI is InChI=1S/C16H19N3O4/c1-11-6-7-13-17-9-12(16(22)19(13)10-11)15(21)18(2)8-4-5-14(20)23-3/h6-7,9-10H,4-5,8H2,1-3H3. The van der Waals surface area contributed by atoms with Crippen LogP contribution in [0.5, 0.6) is 0 Å². The Morgan fingerprint density at radius 3 is 2.78 bits per heavy atom. The van der Waals surface area contributed by atoms with E-state index in [1.54, 1.807) is 19.3 Å². The Labute approximate surface area is 133 Å². The molecule has 0 radical (unpaired) electrons. The lowest BCUT2D eigenvalue weighted by atomic mass is 10.2. The summed E-state index contributed by atoms with van der Waals surface area (Å²) in [5.41, 5.74) is 1.00. The highest BCUT2D eigenvalue weighted by Crippen LogP contribution is 2.04. The van der Waals surface area contributed by atoms with E-state index in [0.29, 0.717) is 18.6 Å². The van der Waals surface area contributed by atoms with Gasteiger partial charge in [-0.2, -0.15) is 0 Å². The number of rotatable bonds is 5. The molecule has 0 spiro atoms. The molecular weight excluding hydrogens is 298 g/mol. The van der Waals surface area contributed by atoms with E-state index >= 15 is 0 Å². The van der Waals surface area contributed by atoms with Crippen molar-refractivity contribution in [3.63, 3.8) is 0 Å². The van der Waals surface area contributed by atoms with Crippen molar-refractivity contribution in [2.45, 2.75) is 19.8 Å². The van der Waals surface area contributed by atoms with Crippen molar-refractivity contribution in [1.82, 2.24) is 14.3 Å². The Bertz CT molecular complexity index is 798. The summed E-state index contributed by atoms with van der Waals surface area (Å²) >= 11 is 0. The van der Waals surface area contributed by atoms with E-state index in [4.69, 9.17) is 0 Å². The molecule has 7 heteroatoms. The SMILES string of the molecule is COC(=O)CCCN(C)C(=O)c1cnc2ccc(C)cn2c1=O. The fraction of sp³-hybridized carbons (Fsp3) is 0.375. The van der Waals surface area contributed by atoms with Gasteiger partial charge in [0.05, 0.1) is 7.11 Å². The number of methoxy groups -OCH3 is 1. The molecule has 0 aliphatic rings. The Hall–Kier alpha value is -2.70. The van der Waals surface area contributed by atoms with E-state index in [2.05, 4.69) is 9.72 Å². The summed E-state index contributed by atoms with van der Waals surface area (Å²) in [5.74, 6) is -0.739. The highest BCUT2D eigenvalue weighted by molar-refractivity contribution is 5.93. The van der Waals surface area contributed by atoms with Crippen molar-refractivity contribution >= 4 is 17.5 Å². The molecule has 1 amide bonds. The molecule has 0 saturated heterocycles. The van der Waals surface area contributed by atoms with E-state index in [9.17, 15) is 14.4 Å². The van der Waals surface area contributed by atoms with Crippen molar-refractivity contribution in [1.29, 1.82) is 0 Å². The number of pyridine rings is 1. The number of esters is 1. The molecule has 0 aliphatic heterocycles. The second-order valence-corrected chi connectivity index (χ2v) is 5.32. The van der Waals surface area contributed by atoms with Crippen LogP contribution in [0.25, 0.3) is 5.65 Å². The number of fused-ring (bicyclic) bond motifs is 1. The summed E-state index contributed by atoms with van der Waals surface area (Å²) in [6.45, 7) is 2.21. The zero-order valence-electron chi connectivity index (χ0n) is 13.4. The largest absolute Gasteiger partial charge is 0.469 e. The second-order valence-electron chi connectivity index (χ2n) is 5.32. The van der Waals surface area contributed by atoms with Gasteiger partial charge in [0, 0.05) is 32.4 Å². The summed E-state index contributed by atoms with van der Waals surface area (Å²) < 4.78 is 5.92. The van der Waals surface area contributed by atoms with Gasteiger partial charge in [-0.3, -0.25) is 18.8 Å². The number of aromatic nitrogens is 2. The van der Waals surface area contributed by atoms with E-state index in [1.165, 1.54) is 22.6 Å². The molecule has 0 N–H and O–H groups in total. The minimum absolute atomic E-state index is 0.00803. The Kier molecular flexibility index (Phi) is 5.10. The van der Waals surface area contributed by atoms with Crippen LogP contribution in [0.15, 0.2) is 29.3 Å². The lowest BCUT2D eigenvalue weighted by molar-refractivity contribution is -0.140. The molecule has 23 heavy (non-hydrogen) atoms. The average Bonchev–Trinajstić information content (AvgIpc) is 2.54. The molecule has 0 unspecified atom stereocenters. The van der Waals surface area contributed by atoms with E-state index < -0.39 is 11.5 Å². The molecule has 2 heterocycles. The molecule has 7 nitrogen and oxygen atoms in total. The minimum Gasteiger partial charge on any atom is -0.469 e. The number of aryl methyl sites for hydroxylation is 1. The fourth-order valence-corrected chi connectivity index (χ4v) is 2.20. The molecule has 2 aromatic heterocycles. The zero-order chi connectivity index (χ0) is 17.0. The first-order valence-electron chi connectivity index (χ1n) is 7.24. The van der Waals surface area contributed by atoms with Gasteiger partial charge < -0.3 is 9.64 Å². The van der Waals surface area contributed by atoms with Crippen molar-refractivity contribution in [2.75, 3.05) is 20.7 Å². The van der Waals surface area contributed by atoms with Gasteiger partial charge in [0.1, 0.15) is 11.2 Å². The second kappa shape index (κ2) is 7.04. The van der Waals surface area contributed by atoms with E-state index in [-0.39, 0.29) is 18.0 Å². The number of carbonyl (C=O) groups excluding carboxylic acids is 2. The zero-order valence-corrected chi connectivity index (χ0v) is 13.4. The van der Waals surface area contributed by atoms with Crippen LogP contribution < -0.4 is 5.56 Å². The normalized spacial score (nSPS) is 10.6. The number of carbonyl (C=O) groups is 2. The molecule has 2 aromatic rings. The van der Waals surface area contributed by atoms with Crippen molar-refractivity contribution < 1.29 is 14.3 Å². The first-order chi connectivity index (χ1) is 10.9. The summed E-state index contributed by atoms with van der Waals surface area (Å²) in [6.07, 6.45) is 3.64. The lowest BCUT2D eigenvalue weighted by Gasteiger charge is -2.16. The van der Waals surface area contributed by atoms with Gasteiger partial charge in [0.2, 0.25) is 0 Å². The van der Waals surface area contributed by atoms with Crippen LogP contribution in [0, 0.1) is 6.92 Å². The molecule has 2 rings (SSSR count). The van der Waals surface area contributed by atoms with Crippen molar-refractivity contribution in [3.8, 4) is 0 Å². The maximum absolute atomic E-state index is 12.5. The molecule has 0 aromatic carbocycles. The van der Waals surface area contributed by atoms with Gasteiger partial charge in [-0.05, 0) is 25.0 Å². The summed E-state index contributed by atoms with van der Waals surface area (Å²) in [5, 5.41) is 0. The van der Waals surface area contributed by atoms with Crippen molar-refractivity contribution in [3.05, 3.63) is 46.0 Å². The molecule has 0 fully saturated rings. The van der Waals surface area contributed by atoms with Gasteiger partial charge in [0.15, 0.2) is 0 Å². The third-order valence-corrected chi connectivity index (χ3v) is 3.53. The Balaban J connectivity index is 2.19. The fourth-order valence-electron chi connectivity index (χ4n) is 2.20. The smallest absolute Gasteiger partial charge is 0.305 e. The Morgan fingerprint density at radius 2 is 2.09 bits per heavy atom. The number of hydrogen-bond acceptors (Lipinski definition) is 5. The van der Waals surface area contributed by atoms with Crippen LogP contribution in [0.2, 0.25) is 0 Å². The van der Waals surface area contributed by atoms with Crippen LogP contribution in [-0.4, -0.2) is 46.9 Å². The van der Waals surface area contributed by atoms with Crippen LogP contribution in [0.3, 0.4) is 0 Å². The highest BCUT2D eigenvalue weighted by Gasteiger charge is 2.17. The predicted octanol–water partition coefficient (Wildman–Crippen LogP) is 1.03. The number of amides is 1. The molecule has 122 valence electrons. The summed E-state index contributed by atoms with van der Waals surface area (Å²) in [6, 6.07) is 3.58. The van der Waals surface area contributed by atoms with Crippen LogP contribution in [0.4, 0.5) is 0 Å². The van der Waals surface area contributed by atoms with Crippen LogP contribution in [-0.2, 0) is 9.53 Å². The van der Waals surface area contributed by atoms with Crippen LogP contribution >= 0.6 is 0 Å². The Morgan fingerprint density at radius 1 is 1.35 bits per heavy atom. The van der Waals surface area contributed by atoms with Crippen LogP contribution in [0.1, 0.15) is 28.8 Å². The van der Waals surface area contributed by atoms with Gasteiger partial charge in [0.25, 0.3) is 11.5 Å². The molecular formula is C16H19N3O4.